The number of nitrogens with zero attached hydrogens (tertiary/aromatic N) is 1. The minimum absolute atomic E-state index is 0.0328. The second-order valence-corrected chi connectivity index (χ2v) is 10.9. The Hall–Kier alpha value is -1.54. The second-order valence-electron chi connectivity index (χ2n) is 6.42. The van der Waals surface area contributed by atoms with Crippen molar-refractivity contribution in [2.45, 2.75) is 11.3 Å². The van der Waals surface area contributed by atoms with Crippen LogP contribution in [0.5, 0.6) is 0 Å². The molecule has 1 heterocycles. The summed E-state index contributed by atoms with van der Waals surface area (Å²) >= 11 is 25.7. The van der Waals surface area contributed by atoms with Gasteiger partial charge in [0.2, 0.25) is 0 Å². The van der Waals surface area contributed by atoms with Crippen molar-refractivity contribution in [1.29, 1.82) is 0 Å². The summed E-state index contributed by atoms with van der Waals surface area (Å²) in [6, 6.07) is 14.8. The second kappa shape index (κ2) is 8.54. The van der Waals surface area contributed by atoms with Gasteiger partial charge in [0.1, 0.15) is 4.90 Å². The molecular formula is C20H12Cl4N2O2S2. The fourth-order valence-corrected chi connectivity index (χ4v) is 6.13. The molecule has 0 aliphatic rings. The van der Waals surface area contributed by atoms with E-state index >= 15 is 0 Å². The van der Waals surface area contributed by atoms with Crippen LogP contribution in [0, 0.1) is 0 Å². The molecule has 0 aliphatic carbocycles. The molecule has 0 unspecified atom stereocenters. The maximum atomic E-state index is 12.8. The van der Waals surface area contributed by atoms with Crippen molar-refractivity contribution in [3.05, 3.63) is 85.3 Å². The molecule has 154 valence electrons. The van der Waals surface area contributed by atoms with E-state index in [1.54, 1.807) is 23.5 Å². The zero-order valence-corrected chi connectivity index (χ0v) is 19.7. The average molecular weight is 518 g/mol. The molecule has 0 aliphatic heterocycles. The first-order valence-electron chi connectivity index (χ1n) is 8.52. The molecule has 30 heavy (non-hydrogen) atoms. The van der Waals surface area contributed by atoms with Crippen LogP contribution >= 0.6 is 57.7 Å². The van der Waals surface area contributed by atoms with Crippen molar-refractivity contribution in [2.24, 2.45) is 0 Å². The summed E-state index contributed by atoms with van der Waals surface area (Å²) in [6.07, 6.45) is 0.494. The van der Waals surface area contributed by atoms with Crippen LogP contribution in [0.3, 0.4) is 0 Å². The van der Waals surface area contributed by atoms with Gasteiger partial charge in [-0.15, -0.1) is 11.3 Å². The fraction of sp³-hybridized carbons (Fsp3) is 0.0500. The van der Waals surface area contributed by atoms with Gasteiger partial charge in [-0.05, 0) is 60.2 Å². The molecule has 0 saturated heterocycles. The number of aromatic nitrogens is 1. The maximum Gasteiger partial charge on any atom is 0.263 e. The number of benzene rings is 3. The molecule has 0 spiro atoms. The maximum absolute atomic E-state index is 12.8. The topological polar surface area (TPSA) is 59.1 Å². The fourth-order valence-electron chi connectivity index (χ4n) is 2.91. The van der Waals surface area contributed by atoms with E-state index in [9.17, 15) is 8.42 Å². The Labute approximate surface area is 197 Å². The van der Waals surface area contributed by atoms with Gasteiger partial charge in [0.25, 0.3) is 10.0 Å². The minimum atomic E-state index is -3.92. The van der Waals surface area contributed by atoms with Crippen molar-refractivity contribution >= 4 is 83.7 Å². The van der Waals surface area contributed by atoms with Crippen molar-refractivity contribution in [3.63, 3.8) is 0 Å². The highest BCUT2D eigenvalue weighted by Gasteiger charge is 2.19. The number of anilines is 1. The molecule has 3 aromatic carbocycles. The van der Waals surface area contributed by atoms with Crippen LogP contribution in [0.4, 0.5) is 5.69 Å². The molecule has 0 saturated carbocycles. The van der Waals surface area contributed by atoms with E-state index < -0.39 is 10.0 Å². The van der Waals surface area contributed by atoms with Crippen molar-refractivity contribution in [1.82, 2.24) is 4.98 Å². The Bertz CT molecular complexity index is 1370. The third-order valence-corrected chi connectivity index (χ3v) is 7.73. The van der Waals surface area contributed by atoms with Crippen LogP contribution in [-0.2, 0) is 16.4 Å². The molecule has 4 rings (SSSR count). The summed E-state index contributed by atoms with van der Waals surface area (Å²) in [4.78, 5) is 4.52. The summed E-state index contributed by atoms with van der Waals surface area (Å²) in [7, 11) is -3.92. The van der Waals surface area contributed by atoms with E-state index in [1.165, 1.54) is 24.3 Å². The molecule has 0 amide bonds. The molecule has 1 aromatic heterocycles. The molecule has 0 bridgehead atoms. The van der Waals surface area contributed by atoms with Crippen molar-refractivity contribution in [2.75, 3.05) is 4.72 Å². The summed E-state index contributed by atoms with van der Waals surface area (Å²) in [5.41, 5.74) is 1.96. The highest BCUT2D eigenvalue weighted by molar-refractivity contribution is 7.92. The van der Waals surface area contributed by atoms with Gasteiger partial charge in [0.15, 0.2) is 0 Å². The molecule has 0 radical (unpaired) electrons. The average Bonchev–Trinajstić information content (AvgIpc) is 3.01. The molecule has 4 nitrogen and oxygen atoms in total. The molecule has 10 heteroatoms. The number of hydrogen-bond acceptors (Lipinski definition) is 4. The minimum Gasteiger partial charge on any atom is -0.280 e. The zero-order chi connectivity index (χ0) is 21.5. The Kier molecular flexibility index (Phi) is 6.17. The monoisotopic (exact) mass is 516 g/mol. The number of nitrogens with one attached hydrogen (secondary N) is 1. The summed E-state index contributed by atoms with van der Waals surface area (Å²) in [5, 5.41) is 2.27. The van der Waals surface area contributed by atoms with Crippen LogP contribution in [0.1, 0.15) is 10.6 Å². The number of rotatable bonds is 5. The van der Waals surface area contributed by atoms with Gasteiger partial charge in [-0.25, -0.2) is 13.4 Å². The lowest BCUT2D eigenvalue weighted by Crippen LogP contribution is -2.13. The Morgan fingerprint density at radius 3 is 2.37 bits per heavy atom. The Morgan fingerprint density at radius 2 is 1.60 bits per heavy atom. The first-order chi connectivity index (χ1) is 14.2. The first-order valence-corrected chi connectivity index (χ1v) is 12.3. The van der Waals surface area contributed by atoms with E-state index in [0.29, 0.717) is 27.2 Å². The molecule has 4 aromatic rings. The van der Waals surface area contributed by atoms with E-state index in [1.807, 2.05) is 18.2 Å². The Morgan fingerprint density at radius 1 is 0.867 bits per heavy atom. The van der Waals surface area contributed by atoms with Gasteiger partial charge in [-0.3, -0.25) is 4.72 Å². The highest BCUT2D eigenvalue weighted by Crippen LogP contribution is 2.30. The predicted octanol–water partition coefficient (Wildman–Crippen LogP) is 7.30. The lowest BCUT2D eigenvalue weighted by atomic mass is 10.1. The normalized spacial score (nSPS) is 11.7. The van der Waals surface area contributed by atoms with Crippen LogP contribution < -0.4 is 4.72 Å². The third-order valence-electron chi connectivity index (χ3n) is 4.14. The standard InChI is InChI=1S/C20H12Cl4N2O2S2/c21-12-2-4-19(16(24)9-12)30(27,28)26-15-6-11(5-14(23)8-15)7-20-25-17-10-13(22)1-3-18(17)29-20/h1-6,8-10,26H,7H2. The van der Waals surface area contributed by atoms with Gasteiger partial charge in [-0.1, -0.05) is 46.4 Å². The summed E-state index contributed by atoms with van der Waals surface area (Å²) in [6.45, 7) is 0. The number of fused-ring (bicyclic) bond motifs is 1. The number of hydrogen-bond donors (Lipinski definition) is 1. The van der Waals surface area contributed by atoms with Crippen LogP contribution in [0.15, 0.2) is 59.5 Å². The van der Waals surface area contributed by atoms with Gasteiger partial charge < -0.3 is 0 Å². The number of sulfonamides is 1. The molecular weight excluding hydrogens is 506 g/mol. The summed E-state index contributed by atoms with van der Waals surface area (Å²) in [5.74, 6) is 0. The van der Waals surface area contributed by atoms with Gasteiger partial charge in [-0.2, -0.15) is 0 Å². The van der Waals surface area contributed by atoms with Gasteiger partial charge in [0.05, 0.1) is 25.9 Å². The predicted molar refractivity (Wildman–Crippen MR) is 126 cm³/mol. The van der Waals surface area contributed by atoms with Gasteiger partial charge >= 0.3 is 0 Å². The quantitative estimate of drug-likeness (QED) is 0.302. The lowest BCUT2D eigenvalue weighted by molar-refractivity contribution is 0.601. The third kappa shape index (κ3) is 4.85. The van der Waals surface area contributed by atoms with E-state index in [4.69, 9.17) is 46.4 Å². The Balaban J connectivity index is 1.62. The van der Waals surface area contributed by atoms with Crippen LogP contribution in [0.25, 0.3) is 10.2 Å². The lowest BCUT2D eigenvalue weighted by Gasteiger charge is -2.11. The SMILES string of the molecule is O=S(=O)(Nc1cc(Cl)cc(Cc2nc3cc(Cl)ccc3s2)c1)c1ccc(Cl)cc1Cl. The van der Waals surface area contributed by atoms with Gasteiger partial charge in [0, 0.05) is 21.5 Å². The molecule has 1 N–H and O–H groups in total. The van der Waals surface area contributed by atoms with Crippen LogP contribution in [0.2, 0.25) is 20.1 Å². The number of halogens is 4. The number of thiazole rings is 1. The van der Waals surface area contributed by atoms with Crippen LogP contribution in [-0.4, -0.2) is 13.4 Å². The van der Waals surface area contributed by atoms with E-state index in [-0.39, 0.29) is 9.92 Å². The highest BCUT2D eigenvalue weighted by atomic mass is 35.5. The van der Waals surface area contributed by atoms with Crippen molar-refractivity contribution < 1.29 is 8.42 Å². The smallest absolute Gasteiger partial charge is 0.263 e. The first kappa shape index (κ1) is 21.7. The zero-order valence-electron chi connectivity index (χ0n) is 15.0. The summed E-state index contributed by atoms with van der Waals surface area (Å²) < 4.78 is 29.1. The van der Waals surface area contributed by atoms with Crippen molar-refractivity contribution in [3.8, 4) is 0 Å². The van der Waals surface area contributed by atoms with E-state index in [0.717, 1.165) is 20.8 Å². The van der Waals surface area contributed by atoms with E-state index in [2.05, 4.69) is 9.71 Å². The molecule has 0 fully saturated rings. The molecule has 0 atom stereocenters. The largest absolute Gasteiger partial charge is 0.280 e.